The highest BCUT2D eigenvalue weighted by Crippen LogP contribution is 2.24. The lowest BCUT2D eigenvalue weighted by Gasteiger charge is -2.11. The molecule has 0 atom stereocenters. The molecule has 0 aliphatic carbocycles. The van der Waals surface area contributed by atoms with E-state index in [4.69, 9.17) is 28.4 Å². The molecule has 0 spiro atoms. The van der Waals surface area contributed by atoms with Gasteiger partial charge in [0.05, 0.1) is 36.5 Å². The van der Waals surface area contributed by atoms with Crippen molar-refractivity contribution in [3.05, 3.63) is 108 Å². The first kappa shape index (κ1) is 35.5. The normalized spacial score (nSPS) is 10.6. The molecule has 0 saturated carbocycles. The number of hydrogen-bond donors (Lipinski definition) is 0. The maximum Gasteiger partial charge on any atom is 0.343 e. The Morgan fingerprint density at radius 3 is 0.854 bits per heavy atom. The number of esters is 3. The van der Waals surface area contributed by atoms with Gasteiger partial charge in [-0.3, -0.25) is 0 Å². The van der Waals surface area contributed by atoms with Crippen LogP contribution in [0.4, 0.5) is 0 Å². The first-order valence-electron chi connectivity index (χ1n) is 16.4. The summed E-state index contributed by atoms with van der Waals surface area (Å²) < 4.78 is 33.7. The first-order valence-corrected chi connectivity index (χ1v) is 16.4. The lowest BCUT2D eigenvalue weighted by molar-refractivity contribution is 0.0734. The van der Waals surface area contributed by atoms with Crippen molar-refractivity contribution in [1.29, 1.82) is 0 Å². The van der Waals surface area contributed by atoms with Crippen LogP contribution < -0.4 is 28.4 Å². The Hall–Kier alpha value is -5.31. The minimum Gasteiger partial charge on any atom is -0.494 e. The minimum atomic E-state index is -0.777. The molecular formula is C39H42O9. The number of carbonyl (C=O) groups is 3. The third-order valence-corrected chi connectivity index (χ3v) is 7.04. The van der Waals surface area contributed by atoms with Gasteiger partial charge in [0, 0.05) is 0 Å². The van der Waals surface area contributed by atoms with E-state index < -0.39 is 17.9 Å². The third-order valence-electron chi connectivity index (χ3n) is 7.04. The van der Waals surface area contributed by atoms with Crippen molar-refractivity contribution >= 4 is 17.9 Å². The molecule has 0 bridgehead atoms. The molecule has 252 valence electrons. The standard InChI is InChI=1S/C39H42O9/c1-4-7-22-43-31-10-16-34(17-11-31)46-37(40)28-25-29(38(41)47-35-18-12-32(13-19-35)44-23-8-5-2)27-30(26-28)39(42)48-36-20-14-33(15-21-36)45-24-9-6-3/h10-21,25-27H,4-9,22-24H2,1-3H3. The van der Waals surface area contributed by atoms with Gasteiger partial charge in [-0.05, 0) is 110 Å². The van der Waals surface area contributed by atoms with Gasteiger partial charge in [-0.2, -0.15) is 0 Å². The fourth-order valence-electron chi connectivity index (χ4n) is 4.29. The predicted octanol–water partition coefficient (Wildman–Crippen LogP) is 8.88. The maximum absolute atomic E-state index is 13.3. The van der Waals surface area contributed by atoms with Crippen LogP contribution in [-0.2, 0) is 0 Å². The Morgan fingerprint density at radius 2 is 0.625 bits per heavy atom. The second-order valence-corrected chi connectivity index (χ2v) is 11.0. The molecule has 0 amide bonds. The summed E-state index contributed by atoms with van der Waals surface area (Å²) in [6.45, 7) is 8.00. The van der Waals surface area contributed by atoms with Crippen molar-refractivity contribution in [2.45, 2.75) is 59.3 Å². The number of rotatable bonds is 18. The van der Waals surface area contributed by atoms with Gasteiger partial charge in [-0.25, -0.2) is 14.4 Å². The summed E-state index contributed by atoms with van der Waals surface area (Å²) in [5.41, 5.74) is -0.128. The predicted molar refractivity (Wildman–Crippen MR) is 182 cm³/mol. The molecule has 0 fully saturated rings. The van der Waals surface area contributed by atoms with E-state index in [1.807, 2.05) is 0 Å². The Bertz CT molecular complexity index is 1410. The summed E-state index contributed by atoms with van der Waals surface area (Å²) >= 11 is 0. The van der Waals surface area contributed by atoms with Gasteiger partial charge in [0.15, 0.2) is 0 Å². The Morgan fingerprint density at radius 1 is 0.396 bits per heavy atom. The zero-order valence-electron chi connectivity index (χ0n) is 27.7. The van der Waals surface area contributed by atoms with Gasteiger partial charge in [-0.1, -0.05) is 40.0 Å². The molecule has 0 aliphatic heterocycles. The van der Waals surface area contributed by atoms with Crippen LogP contribution in [0, 0.1) is 0 Å². The molecule has 0 unspecified atom stereocenters. The highest BCUT2D eigenvalue weighted by molar-refractivity contribution is 6.01. The van der Waals surface area contributed by atoms with E-state index in [9.17, 15) is 14.4 Å². The molecule has 0 heterocycles. The molecule has 0 aromatic heterocycles. The van der Waals surface area contributed by atoms with Crippen LogP contribution in [-0.4, -0.2) is 37.7 Å². The van der Waals surface area contributed by atoms with E-state index in [0.717, 1.165) is 38.5 Å². The van der Waals surface area contributed by atoms with Gasteiger partial charge in [-0.15, -0.1) is 0 Å². The van der Waals surface area contributed by atoms with Crippen LogP contribution in [0.1, 0.15) is 90.4 Å². The SMILES string of the molecule is CCCCOc1ccc(OC(=O)c2cc(C(=O)Oc3ccc(OCCCC)cc3)cc(C(=O)Oc3ccc(OCCCC)cc3)c2)cc1. The summed E-state index contributed by atoms with van der Waals surface area (Å²) in [5.74, 6) is 0.422. The molecule has 0 aliphatic rings. The summed E-state index contributed by atoms with van der Waals surface area (Å²) in [6, 6.07) is 23.8. The molecule has 9 heteroatoms. The molecule has 9 nitrogen and oxygen atoms in total. The first-order chi connectivity index (χ1) is 23.4. The fourth-order valence-corrected chi connectivity index (χ4v) is 4.29. The van der Waals surface area contributed by atoms with E-state index in [0.29, 0.717) is 37.1 Å². The molecule has 4 rings (SSSR count). The second kappa shape index (κ2) is 18.7. The number of benzene rings is 4. The van der Waals surface area contributed by atoms with Crippen LogP contribution in [0.15, 0.2) is 91.0 Å². The maximum atomic E-state index is 13.3. The topological polar surface area (TPSA) is 107 Å². The van der Waals surface area contributed by atoms with Gasteiger partial charge >= 0.3 is 17.9 Å². The van der Waals surface area contributed by atoms with Crippen LogP contribution in [0.5, 0.6) is 34.5 Å². The second-order valence-electron chi connectivity index (χ2n) is 11.0. The van der Waals surface area contributed by atoms with Crippen molar-refractivity contribution in [2.24, 2.45) is 0 Å². The average Bonchev–Trinajstić information content (AvgIpc) is 3.10. The van der Waals surface area contributed by atoms with Gasteiger partial charge in [0.25, 0.3) is 0 Å². The molecule has 48 heavy (non-hydrogen) atoms. The third kappa shape index (κ3) is 11.2. The minimum absolute atomic E-state index is 0.0426. The van der Waals surface area contributed by atoms with Crippen molar-refractivity contribution < 1.29 is 42.8 Å². The summed E-state index contributed by atoms with van der Waals surface area (Å²) in [5, 5.41) is 0. The Balaban J connectivity index is 1.52. The number of ether oxygens (including phenoxy) is 6. The van der Waals surface area contributed by atoms with E-state index in [-0.39, 0.29) is 33.9 Å². The molecule has 4 aromatic rings. The smallest absolute Gasteiger partial charge is 0.343 e. The number of carbonyl (C=O) groups excluding carboxylic acids is 3. The lowest BCUT2D eigenvalue weighted by atomic mass is 10.1. The molecule has 0 saturated heterocycles. The number of hydrogen-bond acceptors (Lipinski definition) is 9. The zero-order valence-corrected chi connectivity index (χ0v) is 27.7. The van der Waals surface area contributed by atoms with Crippen molar-refractivity contribution in [3.63, 3.8) is 0 Å². The van der Waals surface area contributed by atoms with Crippen LogP contribution in [0.2, 0.25) is 0 Å². The van der Waals surface area contributed by atoms with Crippen molar-refractivity contribution in [1.82, 2.24) is 0 Å². The molecular weight excluding hydrogens is 612 g/mol. The highest BCUT2D eigenvalue weighted by atomic mass is 16.5. The fraction of sp³-hybridized carbons (Fsp3) is 0.308. The quantitative estimate of drug-likeness (QED) is 0.0591. The molecule has 0 radical (unpaired) electrons. The molecule has 4 aromatic carbocycles. The van der Waals surface area contributed by atoms with E-state index in [1.165, 1.54) is 18.2 Å². The van der Waals surface area contributed by atoms with Crippen LogP contribution in [0.3, 0.4) is 0 Å². The van der Waals surface area contributed by atoms with E-state index in [2.05, 4.69) is 20.8 Å². The Kier molecular flexibility index (Phi) is 13.9. The highest BCUT2D eigenvalue weighted by Gasteiger charge is 2.21. The summed E-state index contributed by atoms with van der Waals surface area (Å²) in [6.07, 6.45) is 5.82. The molecule has 0 N–H and O–H groups in total. The number of unbranched alkanes of at least 4 members (excludes halogenated alkanes) is 3. The van der Waals surface area contributed by atoms with Crippen LogP contribution >= 0.6 is 0 Å². The average molecular weight is 655 g/mol. The van der Waals surface area contributed by atoms with Gasteiger partial charge in [0.2, 0.25) is 0 Å². The zero-order chi connectivity index (χ0) is 34.1. The van der Waals surface area contributed by atoms with Crippen molar-refractivity contribution in [2.75, 3.05) is 19.8 Å². The van der Waals surface area contributed by atoms with E-state index in [1.54, 1.807) is 72.8 Å². The summed E-state index contributed by atoms with van der Waals surface area (Å²) in [4.78, 5) is 39.8. The lowest BCUT2D eigenvalue weighted by Crippen LogP contribution is -2.16. The van der Waals surface area contributed by atoms with Gasteiger partial charge < -0.3 is 28.4 Å². The Labute approximate surface area is 281 Å². The van der Waals surface area contributed by atoms with Gasteiger partial charge in [0.1, 0.15) is 34.5 Å². The van der Waals surface area contributed by atoms with Crippen molar-refractivity contribution in [3.8, 4) is 34.5 Å². The van der Waals surface area contributed by atoms with E-state index >= 15 is 0 Å². The monoisotopic (exact) mass is 654 g/mol. The summed E-state index contributed by atoms with van der Waals surface area (Å²) in [7, 11) is 0. The van der Waals surface area contributed by atoms with Crippen LogP contribution in [0.25, 0.3) is 0 Å². The largest absolute Gasteiger partial charge is 0.494 e.